The lowest BCUT2D eigenvalue weighted by Crippen LogP contribution is -2.46. The van der Waals surface area contributed by atoms with Gasteiger partial charge in [0.15, 0.2) is 0 Å². The first-order chi connectivity index (χ1) is 6.75. The van der Waals surface area contributed by atoms with Crippen LogP contribution < -0.4 is 10.1 Å². The van der Waals surface area contributed by atoms with Crippen LogP contribution in [0.15, 0.2) is 12.3 Å². The fourth-order valence-electron chi connectivity index (χ4n) is 1.38. The standard InChI is InChI=1S/C11H16N2O/c1-8-5-11(6-13-9(8)2)14-7-10-3-4-12-10/h5-6,10,12H,3-4,7H2,1-2H3. The lowest BCUT2D eigenvalue weighted by Gasteiger charge is -2.27. The van der Waals surface area contributed by atoms with Crippen LogP contribution in [-0.4, -0.2) is 24.2 Å². The van der Waals surface area contributed by atoms with Crippen molar-refractivity contribution in [3.05, 3.63) is 23.5 Å². The van der Waals surface area contributed by atoms with E-state index in [0.29, 0.717) is 6.04 Å². The molecule has 1 saturated heterocycles. The molecule has 0 aliphatic carbocycles. The van der Waals surface area contributed by atoms with Gasteiger partial charge in [0.25, 0.3) is 0 Å². The van der Waals surface area contributed by atoms with Gasteiger partial charge in [0.05, 0.1) is 6.20 Å². The third kappa shape index (κ3) is 2.04. The molecule has 1 aromatic heterocycles. The van der Waals surface area contributed by atoms with Crippen LogP contribution in [0.5, 0.6) is 5.75 Å². The van der Waals surface area contributed by atoms with Gasteiger partial charge in [-0.2, -0.15) is 0 Å². The number of aromatic nitrogens is 1. The van der Waals surface area contributed by atoms with E-state index in [4.69, 9.17) is 4.74 Å². The van der Waals surface area contributed by atoms with Gasteiger partial charge >= 0.3 is 0 Å². The monoisotopic (exact) mass is 192 g/mol. The van der Waals surface area contributed by atoms with Crippen LogP contribution in [0.25, 0.3) is 0 Å². The van der Waals surface area contributed by atoms with Gasteiger partial charge in [-0.3, -0.25) is 4.98 Å². The van der Waals surface area contributed by atoms with Gasteiger partial charge < -0.3 is 10.1 Å². The van der Waals surface area contributed by atoms with Crippen LogP contribution >= 0.6 is 0 Å². The minimum Gasteiger partial charge on any atom is -0.490 e. The molecule has 0 bridgehead atoms. The van der Waals surface area contributed by atoms with Crippen molar-refractivity contribution in [1.29, 1.82) is 0 Å². The fraction of sp³-hybridized carbons (Fsp3) is 0.545. The highest BCUT2D eigenvalue weighted by Gasteiger charge is 2.16. The minimum absolute atomic E-state index is 0.539. The fourth-order valence-corrected chi connectivity index (χ4v) is 1.38. The average Bonchev–Trinajstić information content (AvgIpc) is 2.08. The summed E-state index contributed by atoms with van der Waals surface area (Å²) in [7, 11) is 0. The number of rotatable bonds is 3. The molecule has 0 aromatic carbocycles. The molecule has 2 rings (SSSR count). The van der Waals surface area contributed by atoms with Crippen LogP contribution in [0.1, 0.15) is 17.7 Å². The quantitative estimate of drug-likeness (QED) is 0.787. The zero-order valence-electron chi connectivity index (χ0n) is 8.71. The zero-order valence-corrected chi connectivity index (χ0v) is 8.71. The van der Waals surface area contributed by atoms with Crippen molar-refractivity contribution in [2.24, 2.45) is 0 Å². The van der Waals surface area contributed by atoms with E-state index in [2.05, 4.69) is 17.2 Å². The second-order valence-corrected chi connectivity index (χ2v) is 3.82. The van der Waals surface area contributed by atoms with Gasteiger partial charge in [-0.15, -0.1) is 0 Å². The predicted molar refractivity (Wildman–Crippen MR) is 55.6 cm³/mol. The first kappa shape index (κ1) is 9.46. The summed E-state index contributed by atoms with van der Waals surface area (Å²) in [5, 5.41) is 3.30. The maximum atomic E-state index is 5.62. The predicted octanol–water partition coefficient (Wildman–Crippen LogP) is 1.44. The summed E-state index contributed by atoms with van der Waals surface area (Å²) >= 11 is 0. The van der Waals surface area contributed by atoms with Gasteiger partial charge in [0.2, 0.25) is 0 Å². The van der Waals surface area contributed by atoms with E-state index in [0.717, 1.165) is 24.6 Å². The highest BCUT2D eigenvalue weighted by Crippen LogP contribution is 2.14. The molecule has 1 aliphatic heterocycles. The Hall–Kier alpha value is -1.09. The summed E-state index contributed by atoms with van der Waals surface area (Å²) < 4.78 is 5.62. The van der Waals surface area contributed by atoms with Gasteiger partial charge in [0, 0.05) is 11.7 Å². The summed E-state index contributed by atoms with van der Waals surface area (Å²) in [6, 6.07) is 2.58. The normalized spacial score (nSPS) is 20.3. The van der Waals surface area contributed by atoms with Crippen molar-refractivity contribution in [1.82, 2.24) is 10.3 Å². The molecule has 14 heavy (non-hydrogen) atoms. The number of hydrogen-bond donors (Lipinski definition) is 1. The molecule has 76 valence electrons. The Morgan fingerprint density at radius 3 is 2.93 bits per heavy atom. The number of nitrogens with one attached hydrogen (secondary N) is 1. The molecule has 1 N–H and O–H groups in total. The minimum atomic E-state index is 0.539. The Kier molecular flexibility index (Phi) is 2.68. The molecule has 3 heteroatoms. The van der Waals surface area contributed by atoms with E-state index in [1.807, 2.05) is 13.0 Å². The third-order valence-electron chi connectivity index (χ3n) is 2.69. The maximum Gasteiger partial charge on any atom is 0.137 e. The summed E-state index contributed by atoms with van der Waals surface area (Å²) in [6.07, 6.45) is 3.01. The summed E-state index contributed by atoms with van der Waals surface area (Å²) in [6.45, 7) is 5.94. The Bertz CT molecular complexity index is 321. The van der Waals surface area contributed by atoms with Gasteiger partial charge in [-0.25, -0.2) is 0 Å². The number of hydrogen-bond acceptors (Lipinski definition) is 3. The molecular weight excluding hydrogens is 176 g/mol. The lowest BCUT2D eigenvalue weighted by atomic mass is 10.1. The molecular formula is C11H16N2O. The highest BCUT2D eigenvalue weighted by atomic mass is 16.5. The Balaban J connectivity index is 1.91. The second-order valence-electron chi connectivity index (χ2n) is 3.82. The summed E-state index contributed by atoms with van der Waals surface area (Å²) in [5.74, 6) is 0.877. The molecule has 1 unspecified atom stereocenters. The van der Waals surface area contributed by atoms with Crippen LogP contribution in [0.3, 0.4) is 0 Å². The molecule has 1 aromatic rings. The second kappa shape index (κ2) is 3.96. The highest BCUT2D eigenvalue weighted by molar-refractivity contribution is 5.27. The maximum absolute atomic E-state index is 5.62. The van der Waals surface area contributed by atoms with Gasteiger partial charge in [-0.05, 0) is 38.4 Å². The lowest BCUT2D eigenvalue weighted by molar-refractivity contribution is 0.217. The number of pyridine rings is 1. The van der Waals surface area contributed by atoms with Crippen molar-refractivity contribution in [3.63, 3.8) is 0 Å². The largest absolute Gasteiger partial charge is 0.490 e. The molecule has 0 saturated carbocycles. The smallest absolute Gasteiger partial charge is 0.137 e. The van der Waals surface area contributed by atoms with Crippen molar-refractivity contribution in [2.45, 2.75) is 26.3 Å². The van der Waals surface area contributed by atoms with E-state index >= 15 is 0 Å². The summed E-state index contributed by atoms with van der Waals surface area (Å²) in [4.78, 5) is 4.26. The van der Waals surface area contributed by atoms with E-state index in [1.165, 1.54) is 12.0 Å². The Morgan fingerprint density at radius 2 is 2.36 bits per heavy atom. The molecule has 2 heterocycles. The Labute approximate surface area is 84.5 Å². The van der Waals surface area contributed by atoms with E-state index in [-0.39, 0.29) is 0 Å². The van der Waals surface area contributed by atoms with Crippen molar-refractivity contribution in [2.75, 3.05) is 13.2 Å². The van der Waals surface area contributed by atoms with Crippen molar-refractivity contribution < 1.29 is 4.74 Å². The van der Waals surface area contributed by atoms with Crippen LogP contribution in [0, 0.1) is 13.8 Å². The molecule has 1 fully saturated rings. The van der Waals surface area contributed by atoms with Crippen molar-refractivity contribution in [3.8, 4) is 5.75 Å². The number of ether oxygens (including phenoxy) is 1. The first-order valence-electron chi connectivity index (χ1n) is 5.05. The SMILES string of the molecule is Cc1cc(OCC2CCN2)cnc1C. The van der Waals surface area contributed by atoms with Crippen LogP contribution in [0.4, 0.5) is 0 Å². The Morgan fingerprint density at radius 1 is 1.57 bits per heavy atom. The molecule has 1 atom stereocenters. The van der Waals surface area contributed by atoms with Gasteiger partial charge in [-0.1, -0.05) is 0 Å². The zero-order chi connectivity index (χ0) is 9.97. The summed E-state index contributed by atoms with van der Waals surface area (Å²) in [5.41, 5.74) is 2.25. The molecule has 3 nitrogen and oxygen atoms in total. The van der Waals surface area contributed by atoms with Crippen LogP contribution in [0.2, 0.25) is 0 Å². The third-order valence-corrected chi connectivity index (χ3v) is 2.69. The first-order valence-corrected chi connectivity index (χ1v) is 5.05. The average molecular weight is 192 g/mol. The van der Waals surface area contributed by atoms with E-state index < -0.39 is 0 Å². The molecule has 0 amide bonds. The number of nitrogens with zero attached hydrogens (tertiary/aromatic N) is 1. The van der Waals surface area contributed by atoms with Gasteiger partial charge in [0.1, 0.15) is 12.4 Å². The van der Waals surface area contributed by atoms with E-state index in [9.17, 15) is 0 Å². The van der Waals surface area contributed by atoms with Crippen molar-refractivity contribution >= 4 is 0 Å². The topological polar surface area (TPSA) is 34.1 Å². The molecule has 0 radical (unpaired) electrons. The van der Waals surface area contributed by atoms with E-state index in [1.54, 1.807) is 6.20 Å². The molecule has 1 aliphatic rings. The van der Waals surface area contributed by atoms with Crippen LogP contribution in [-0.2, 0) is 0 Å². The molecule has 0 spiro atoms. The number of aryl methyl sites for hydroxylation is 2.